The van der Waals surface area contributed by atoms with Crippen molar-refractivity contribution in [1.29, 1.82) is 0 Å². The van der Waals surface area contributed by atoms with Crippen LogP contribution in [0.1, 0.15) is 62.6 Å². The van der Waals surface area contributed by atoms with E-state index in [9.17, 15) is 0 Å². The van der Waals surface area contributed by atoms with Crippen molar-refractivity contribution in [1.82, 2.24) is 0 Å². The summed E-state index contributed by atoms with van der Waals surface area (Å²) >= 11 is 0. The van der Waals surface area contributed by atoms with Crippen molar-refractivity contribution in [2.75, 3.05) is 6.54 Å². The Hall–Kier alpha value is -1.02. The summed E-state index contributed by atoms with van der Waals surface area (Å²) in [6.07, 6.45) is 6.50. The normalized spacial score (nSPS) is 18.3. The van der Waals surface area contributed by atoms with Crippen LogP contribution in [0.3, 0.4) is 0 Å². The minimum atomic E-state index is 0.126. The van der Waals surface area contributed by atoms with Crippen LogP contribution in [0.2, 0.25) is 0 Å². The van der Waals surface area contributed by atoms with E-state index in [1.807, 2.05) is 0 Å². The van der Waals surface area contributed by atoms with Crippen LogP contribution in [-0.4, -0.2) is 12.6 Å². The predicted molar refractivity (Wildman–Crippen MR) is 85.5 cm³/mol. The van der Waals surface area contributed by atoms with Gasteiger partial charge in [0.05, 0.1) is 6.10 Å². The van der Waals surface area contributed by atoms with E-state index >= 15 is 0 Å². The molecule has 0 aliphatic heterocycles. The first kappa shape index (κ1) is 15.4. The van der Waals surface area contributed by atoms with Crippen molar-refractivity contribution in [2.45, 2.75) is 71.3 Å². The van der Waals surface area contributed by atoms with Gasteiger partial charge in [-0.05, 0) is 51.7 Å². The molecule has 0 aromatic heterocycles. The molecular formula is C18H29NO. The molecule has 0 bridgehead atoms. The molecule has 0 heterocycles. The molecule has 2 rings (SSSR count). The first-order valence-corrected chi connectivity index (χ1v) is 7.97. The Morgan fingerprint density at radius 2 is 1.80 bits per heavy atom. The quantitative estimate of drug-likeness (QED) is 0.891. The standard InChI is InChI=1S/C18H29NO/c1-13(2)20-17-15(4)14(3)8-9-16(17)18(12-19)10-6-5-7-11-18/h8-9,13H,5-7,10-12,19H2,1-4H3. The van der Waals surface area contributed by atoms with Crippen LogP contribution < -0.4 is 10.5 Å². The van der Waals surface area contributed by atoms with E-state index in [4.69, 9.17) is 10.5 Å². The highest BCUT2D eigenvalue weighted by atomic mass is 16.5. The molecule has 1 aromatic rings. The molecule has 1 fully saturated rings. The van der Waals surface area contributed by atoms with Crippen molar-refractivity contribution in [2.24, 2.45) is 5.73 Å². The Morgan fingerprint density at radius 1 is 1.15 bits per heavy atom. The molecule has 1 saturated carbocycles. The summed E-state index contributed by atoms with van der Waals surface area (Å²) in [6, 6.07) is 4.49. The van der Waals surface area contributed by atoms with Crippen molar-refractivity contribution < 1.29 is 4.74 Å². The van der Waals surface area contributed by atoms with Crippen LogP contribution in [0.15, 0.2) is 12.1 Å². The van der Waals surface area contributed by atoms with Gasteiger partial charge in [-0.2, -0.15) is 0 Å². The van der Waals surface area contributed by atoms with E-state index < -0.39 is 0 Å². The van der Waals surface area contributed by atoms with E-state index in [0.717, 1.165) is 12.3 Å². The monoisotopic (exact) mass is 275 g/mol. The molecule has 2 heteroatoms. The van der Waals surface area contributed by atoms with Gasteiger partial charge in [0.1, 0.15) is 5.75 Å². The zero-order valence-corrected chi connectivity index (χ0v) is 13.5. The van der Waals surface area contributed by atoms with E-state index in [-0.39, 0.29) is 11.5 Å². The van der Waals surface area contributed by atoms with Crippen LogP contribution in [0.5, 0.6) is 5.75 Å². The Kier molecular flexibility index (Phi) is 4.74. The van der Waals surface area contributed by atoms with Gasteiger partial charge in [0.15, 0.2) is 0 Å². The Labute approximate surface area is 123 Å². The van der Waals surface area contributed by atoms with Gasteiger partial charge in [-0.25, -0.2) is 0 Å². The maximum Gasteiger partial charge on any atom is 0.126 e. The lowest BCUT2D eigenvalue weighted by molar-refractivity contribution is 0.223. The van der Waals surface area contributed by atoms with Gasteiger partial charge >= 0.3 is 0 Å². The van der Waals surface area contributed by atoms with Gasteiger partial charge in [0.25, 0.3) is 0 Å². The lowest BCUT2D eigenvalue weighted by Gasteiger charge is -2.38. The lowest BCUT2D eigenvalue weighted by atomic mass is 9.68. The summed E-state index contributed by atoms with van der Waals surface area (Å²) in [4.78, 5) is 0. The average molecular weight is 275 g/mol. The summed E-state index contributed by atoms with van der Waals surface area (Å²) < 4.78 is 6.18. The Morgan fingerprint density at radius 3 is 2.35 bits per heavy atom. The summed E-state index contributed by atoms with van der Waals surface area (Å²) in [5, 5.41) is 0. The lowest BCUT2D eigenvalue weighted by Crippen LogP contribution is -2.38. The molecule has 0 amide bonds. The Bertz CT molecular complexity index is 459. The van der Waals surface area contributed by atoms with Crippen LogP contribution in [0.25, 0.3) is 0 Å². The summed E-state index contributed by atoms with van der Waals surface area (Å²) in [7, 11) is 0. The van der Waals surface area contributed by atoms with Gasteiger partial charge in [-0.3, -0.25) is 0 Å². The van der Waals surface area contributed by atoms with Crippen molar-refractivity contribution >= 4 is 0 Å². The number of hydrogen-bond donors (Lipinski definition) is 1. The summed E-state index contributed by atoms with van der Waals surface area (Å²) in [6.45, 7) is 9.25. The molecule has 0 atom stereocenters. The fourth-order valence-electron chi connectivity index (χ4n) is 3.41. The van der Waals surface area contributed by atoms with Crippen LogP contribution in [0, 0.1) is 13.8 Å². The Balaban J connectivity index is 2.51. The smallest absolute Gasteiger partial charge is 0.126 e. The minimum Gasteiger partial charge on any atom is -0.490 e. The predicted octanol–water partition coefficient (Wildman–Crippen LogP) is 4.25. The molecule has 1 aliphatic carbocycles. The second-order valence-corrected chi connectivity index (χ2v) is 6.60. The van der Waals surface area contributed by atoms with Crippen molar-refractivity contribution in [3.63, 3.8) is 0 Å². The average Bonchev–Trinajstić information content (AvgIpc) is 2.44. The number of aryl methyl sites for hydroxylation is 1. The number of nitrogens with two attached hydrogens (primary N) is 1. The van der Waals surface area contributed by atoms with E-state index in [2.05, 4.69) is 39.8 Å². The zero-order chi connectivity index (χ0) is 14.8. The third-order valence-corrected chi connectivity index (χ3v) is 4.80. The summed E-state index contributed by atoms with van der Waals surface area (Å²) in [5.74, 6) is 1.09. The fourth-order valence-corrected chi connectivity index (χ4v) is 3.41. The molecule has 0 radical (unpaired) electrons. The second kappa shape index (κ2) is 6.17. The number of hydrogen-bond acceptors (Lipinski definition) is 2. The second-order valence-electron chi connectivity index (χ2n) is 6.60. The molecule has 20 heavy (non-hydrogen) atoms. The highest BCUT2D eigenvalue weighted by Gasteiger charge is 2.35. The zero-order valence-electron chi connectivity index (χ0n) is 13.5. The molecule has 1 aliphatic rings. The van der Waals surface area contributed by atoms with E-state index in [0.29, 0.717) is 0 Å². The van der Waals surface area contributed by atoms with Crippen LogP contribution in [-0.2, 0) is 5.41 Å². The molecule has 2 nitrogen and oxygen atoms in total. The molecule has 112 valence electrons. The fraction of sp³-hybridized carbons (Fsp3) is 0.667. The van der Waals surface area contributed by atoms with Gasteiger partial charge < -0.3 is 10.5 Å². The van der Waals surface area contributed by atoms with Gasteiger partial charge in [-0.15, -0.1) is 0 Å². The highest BCUT2D eigenvalue weighted by Crippen LogP contribution is 2.44. The molecule has 0 unspecified atom stereocenters. The van der Waals surface area contributed by atoms with E-state index in [1.165, 1.54) is 48.8 Å². The minimum absolute atomic E-state index is 0.126. The van der Waals surface area contributed by atoms with Crippen molar-refractivity contribution in [3.05, 3.63) is 28.8 Å². The third-order valence-electron chi connectivity index (χ3n) is 4.80. The number of benzene rings is 1. The maximum atomic E-state index is 6.20. The van der Waals surface area contributed by atoms with Gasteiger partial charge in [0.2, 0.25) is 0 Å². The van der Waals surface area contributed by atoms with Gasteiger partial charge in [0, 0.05) is 17.5 Å². The number of ether oxygens (including phenoxy) is 1. The van der Waals surface area contributed by atoms with Crippen molar-refractivity contribution in [3.8, 4) is 5.75 Å². The van der Waals surface area contributed by atoms with Gasteiger partial charge in [-0.1, -0.05) is 31.4 Å². The topological polar surface area (TPSA) is 35.2 Å². The first-order valence-electron chi connectivity index (χ1n) is 7.97. The molecular weight excluding hydrogens is 246 g/mol. The number of rotatable bonds is 4. The largest absolute Gasteiger partial charge is 0.490 e. The first-order chi connectivity index (χ1) is 9.50. The van der Waals surface area contributed by atoms with Crippen LogP contribution in [0.4, 0.5) is 0 Å². The molecule has 0 saturated heterocycles. The summed E-state index contributed by atoms with van der Waals surface area (Å²) in [5.41, 5.74) is 10.2. The third kappa shape index (κ3) is 2.85. The maximum absolute atomic E-state index is 6.20. The van der Waals surface area contributed by atoms with E-state index in [1.54, 1.807) is 0 Å². The molecule has 0 spiro atoms. The van der Waals surface area contributed by atoms with Crippen LogP contribution >= 0.6 is 0 Å². The molecule has 1 aromatic carbocycles. The molecule has 2 N–H and O–H groups in total. The SMILES string of the molecule is Cc1ccc(C2(CN)CCCCC2)c(OC(C)C)c1C. The highest BCUT2D eigenvalue weighted by molar-refractivity contribution is 5.49.